The Morgan fingerprint density at radius 1 is 1.26 bits per heavy atom. The molecule has 0 radical (unpaired) electrons. The lowest BCUT2D eigenvalue weighted by Crippen LogP contribution is -2.17. The van der Waals surface area contributed by atoms with Crippen LogP contribution in [-0.4, -0.2) is 23.4 Å². The van der Waals surface area contributed by atoms with Crippen molar-refractivity contribution in [2.75, 3.05) is 13.2 Å². The summed E-state index contributed by atoms with van der Waals surface area (Å²) in [6, 6.07) is 0.928. The van der Waals surface area contributed by atoms with Gasteiger partial charge in [0.25, 0.3) is 0 Å². The molecular weight excluding hydrogens is 260 g/mol. The van der Waals surface area contributed by atoms with Gasteiger partial charge < -0.3 is 19.7 Å². The lowest BCUT2D eigenvalue weighted by molar-refractivity contribution is 0.170. The Kier molecular flexibility index (Phi) is 2.79. The molecule has 0 saturated heterocycles. The summed E-state index contributed by atoms with van der Waals surface area (Å²) < 4.78 is 42.7. The Balaban J connectivity index is 2.20. The van der Waals surface area contributed by atoms with E-state index < -0.39 is 11.6 Å². The van der Waals surface area contributed by atoms with Crippen molar-refractivity contribution in [3.63, 3.8) is 0 Å². The van der Waals surface area contributed by atoms with Gasteiger partial charge in [-0.3, -0.25) is 0 Å². The van der Waals surface area contributed by atoms with Crippen molar-refractivity contribution in [2.24, 2.45) is 5.73 Å². The molecule has 0 spiro atoms. The first-order valence-electron chi connectivity index (χ1n) is 5.51. The van der Waals surface area contributed by atoms with Crippen molar-refractivity contribution in [3.05, 3.63) is 23.6 Å². The van der Waals surface area contributed by atoms with Crippen LogP contribution in [0.1, 0.15) is 5.89 Å². The zero-order chi connectivity index (χ0) is 13.4. The Labute approximate surface area is 106 Å². The molecule has 0 aliphatic carbocycles. The molecule has 0 fully saturated rings. The maximum Gasteiger partial charge on any atom is 0.240 e. The summed E-state index contributed by atoms with van der Waals surface area (Å²) in [5, 5.41) is 3.56. The molecule has 1 aliphatic rings. The summed E-state index contributed by atoms with van der Waals surface area (Å²) in [6.07, 6.45) is 0. The van der Waals surface area contributed by atoms with Crippen LogP contribution in [0.2, 0.25) is 0 Å². The molecule has 1 aromatic heterocycles. The molecule has 1 aliphatic heterocycles. The largest absolute Gasteiger partial charge is 0.486 e. The third kappa shape index (κ3) is 1.89. The van der Waals surface area contributed by atoms with Gasteiger partial charge in [0.2, 0.25) is 11.7 Å². The highest BCUT2D eigenvalue weighted by molar-refractivity contribution is 5.69. The third-order valence-electron chi connectivity index (χ3n) is 2.59. The minimum atomic E-state index is -1.12. The molecule has 2 aromatic rings. The maximum atomic E-state index is 13.9. The predicted molar refractivity (Wildman–Crippen MR) is 58.5 cm³/mol. The molecule has 100 valence electrons. The van der Waals surface area contributed by atoms with E-state index in [0.717, 1.165) is 6.07 Å². The number of aromatic nitrogens is 2. The van der Waals surface area contributed by atoms with Crippen LogP contribution in [0.5, 0.6) is 11.5 Å². The maximum absolute atomic E-state index is 13.9. The highest BCUT2D eigenvalue weighted by Gasteiger charge is 2.27. The molecule has 8 heteroatoms. The number of nitrogens with two attached hydrogens (primary N) is 1. The number of halogens is 2. The van der Waals surface area contributed by atoms with Gasteiger partial charge >= 0.3 is 0 Å². The normalized spacial score (nSPS) is 13.6. The average molecular weight is 269 g/mol. The molecule has 2 N–H and O–H groups in total. The van der Waals surface area contributed by atoms with E-state index in [-0.39, 0.29) is 48.5 Å². The van der Waals surface area contributed by atoms with Crippen LogP contribution in [-0.2, 0) is 6.54 Å². The fraction of sp³-hybridized carbons (Fsp3) is 0.273. The topological polar surface area (TPSA) is 83.4 Å². The molecule has 0 bridgehead atoms. The zero-order valence-corrected chi connectivity index (χ0v) is 9.65. The van der Waals surface area contributed by atoms with Crippen LogP contribution < -0.4 is 15.2 Å². The highest BCUT2D eigenvalue weighted by Crippen LogP contribution is 2.41. The number of hydrogen-bond acceptors (Lipinski definition) is 6. The predicted octanol–water partition coefficient (Wildman–Crippen LogP) is 1.24. The fourth-order valence-corrected chi connectivity index (χ4v) is 1.77. The van der Waals surface area contributed by atoms with Crippen molar-refractivity contribution >= 4 is 0 Å². The molecule has 0 atom stereocenters. The minimum absolute atomic E-state index is 0.00345. The molecular formula is C11H9F2N3O3. The average Bonchev–Trinajstić information content (AvgIpc) is 2.89. The first-order chi connectivity index (χ1) is 9.20. The van der Waals surface area contributed by atoms with Crippen molar-refractivity contribution < 1.29 is 22.8 Å². The fourth-order valence-electron chi connectivity index (χ4n) is 1.77. The summed E-state index contributed by atoms with van der Waals surface area (Å²) in [6.45, 7) is 0.494. The smallest absolute Gasteiger partial charge is 0.240 e. The molecule has 3 rings (SSSR count). The Morgan fingerprint density at radius 2 is 2.05 bits per heavy atom. The minimum Gasteiger partial charge on any atom is -0.486 e. The van der Waals surface area contributed by atoms with E-state index in [1.165, 1.54) is 0 Å². The second-order valence-electron chi connectivity index (χ2n) is 3.79. The van der Waals surface area contributed by atoms with Crippen LogP contribution in [0.3, 0.4) is 0 Å². The number of hydrogen-bond donors (Lipinski definition) is 1. The molecule has 2 heterocycles. The summed E-state index contributed by atoms with van der Waals surface area (Å²) in [5.74, 6) is -2.02. The lowest BCUT2D eigenvalue weighted by Gasteiger charge is -2.20. The van der Waals surface area contributed by atoms with Gasteiger partial charge in [-0.1, -0.05) is 5.16 Å². The quantitative estimate of drug-likeness (QED) is 0.883. The van der Waals surface area contributed by atoms with Gasteiger partial charge in [-0.15, -0.1) is 0 Å². The molecule has 0 amide bonds. The lowest BCUT2D eigenvalue weighted by atomic mass is 10.1. The summed E-state index contributed by atoms with van der Waals surface area (Å²) in [5.41, 5.74) is 5.10. The van der Waals surface area contributed by atoms with Gasteiger partial charge in [0.1, 0.15) is 18.8 Å². The number of ether oxygens (including phenoxy) is 2. The Hall–Kier alpha value is -2.22. The van der Waals surface area contributed by atoms with Crippen LogP contribution >= 0.6 is 0 Å². The number of fused-ring (bicyclic) bond motifs is 1. The van der Waals surface area contributed by atoms with Crippen molar-refractivity contribution in [1.82, 2.24) is 10.1 Å². The Bertz CT molecular complexity index is 630. The van der Waals surface area contributed by atoms with E-state index in [4.69, 9.17) is 19.7 Å². The van der Waals surface area contributed by atoms with E-state index in [1.54, 1.807) is 0 Å². The standard InChI is InChI=1S/C11H9F2N3O3/c12-5-3-6-10(18-2-1-17-6)8(9(5)13)11-15-7(4-14)19-16-11/h3H,1-2,4,14H2. The summed E-state index contributed by atoms with van der Waals surface area (Å²) >= 11 is 0. The van der Waals surface area contributed by atoms with E-state index >= 15 is 0 Å². The third-order valence-corrected chi connectivity index (χ3v) is 2.59. The van der Waals surface area contributed by atoms with Gasteiger partial charge in [0, 0.05) is 6.07 Å². The van der Waals surface area contributed by atoms with Crippen LogP contribution in [0.4, 0.5) is 8.78 Å². The summed E-state index contributed by atoms with van der Waals surface area (Å²) in [4.78, 5) is 3.86. The summed E-state index contributed by atoms with van der Waals surface area (Å²) in [7, 11) is 0. The first kappa shape index (κ1) is 11.8. The second-order valence-corrected chi connectivity index (χ2v) is 3.79. The monoisotopic (exact) mass is 269 g/mol. The number of rotatable bonds is 2. The van der Waals surface area contributed by atoms with Gasteiger partial charge in [-0.2, -0.15) is 4.98 Å². The molecule has 19 heavy (non-hydrogen) atoms. The Morgan fingerprint density at radius 3 is 2.79 bits per heavy atom. The molecule has 0 saturated carbocycles. The van der Waals surface area contributed by atoms with E-state index in [2.05, 4.69) is 10.1 Å². The van der Waals surface area contributed by atoms with Crippen LogP contribution in [0.15, 0.2) is 10.6 Å². The van der Waals surface area contributed by atoms with E-state index in [0.29, 0.717) is 0 Å². The van der Waals surface area contributed by atoms with Gasteiger partial charge in [-0.05, 0) is 0 Å². The van der Waals surface area contributed by atoms with Gasteiger partial charge in [-0.25, -0.2) is 8.78 Å². The van der Waals surface area contributed by atoms with Crippen molar-refractivity contribution in [3.8, 4) is 22.9 Å². The van der Waals surface area contributed by atoms with Crippen molar-refractivity contribution in [1.29, 1.82) is 0 Å². The molecule has 1 aromatic carbocycles. The molecule has 0 unspecified atom stereocenters. The van der Waals surface area contributed by atoms with Gasteiger partial charge in [0.05, 0.1) is 6.54 Å². The first-order valence-corrected chi connectivity index (χ1v) is 5.51. The number of benzene rings is 1. The van der Waals surface area contributed by atoms with Crippen molar-refractivity contribution in [2.45, 2.75) is 6.54 Å². The molecule has 6 nitrogen and oxygen atoms in total. The van der Waals surface area contributed by atoms with Crippen LogP contribution in [0, 0.1) is 11.6 Å². The van der Waals surface area contributed by atoms with Gasteiger partial charge in [0.15, 0.2) is 23.1 Å². The van der Waals surface area contributed by atoms with Crippen LogP contribution in [0.25, 0.3) is 11.4 Å². The second kappa shape index (κ2) is 4.47. The highest BCUT2D eigenvalue weighted by atomic mass is 19.2. The number of nitrogens with zero attached hydrogens (tertiary/aromatic N) is 2. The van der Waals surface area contributed by atoms with E-state index in [1.807, 2.05) is 0 Å². The SMILES string of the molecule is NCc1nc(-c2c(F)c(F)cc3c2OCCO3)no1. The van der Waals surface area contributed by atoms with E-state index in [9.17, 15) is 8.78 Å². The zero-order valence-electron chi connectivity index (χ0n) is 9.65.